The Labute approximate surface area is 123 Å². The molecule has 0 fully saturated rings. The first-order valence-corrected chi connectivity index (χ1v) is 6.60. The maximum atomic E-state index is 12.0. The van der Waals surface area contributed by atoms with E-state index in [0.717, 1.165) is 11.3 Å². The Hall–Kier alpha value is -2.63. The van der Waals surface area contributed by atoms with E-state index < -0.39 is 0 Å². The van der Waals surface area contributed by atoms with Crippen molar-refractivity contribution in [3.63, 3.8) is 0 Å². The van der Waals surface area contributed by atoms with Crippen LogP contribution in [0.5, 0.6) is 5.75 Å². The molecule has 0 saturated heterocycles. The molecule has 2 N–H and O–H groups in total. The Kier molecular flexibility index (Phi) is 4.37. The number of anilines is 1. The summed E-state index contributed by atoms with van der Waals surface area (Å²) in [5.74, 6) is 0.596. The van der Waals surface area contributed by atoms with E-state index in [-0.39, 0.29) is 17.5 Å². The molecule has 0 radical (unpaired) electrons. The number of nitrogen functional groups attached to an aromatic ring is 1. The second kappa shape index (κ2) is 6.21. The number of hydrogen-bond acceptors (Lipinski definition) is 5. The molecule has 6 nitrogen and oxygen atoms in total. The van der Waals surface area contributed by atoms with Gasteiger partial charge in [-0.1, -0.05) is 12.1 Å². The molecule has 0 aliphatic rings. The van der Waals surface area contributed by atoms with Crippen LogP contribution in [0.25, 0.3) is 11.3 Å². The van der Waals surface area contributed by atoms with Gasteiger partial charge in [-0.25, -0.2) is 9.97 Å². The molecule has 1 aromatic heterocycles. The van der Waals surface area contributed by atoms with Crippen molar-refractivity contribution in [1.82, 2.24) is 14.9 Å². The summed E-state index contributed by atoms with van der Waals surface area (Å²) in [5.41, 5.74) is 7.39. The van der Waals surface area contributed by atoms with Crippen LogP contribution in [0, 0.1) is 0 Å². The molecule has 1 aromatic carbocycles. The summed E-state index contributed by atoms with van der Waals surface area (Å²) >= 11 is 0. The average Bonchev–Trinajstić information content (AvgIpc) is 2.46. The third kappa shape index (κ3) is 3.47. The fourth-order valence-electron chi connectivity index (χ4n) is 1.86. The van der Waals surface area contributed by atoms with E-state index in [1.165, 1.54) is 4.90 Å². The molecule has 2 rings (SSSR count). The number of amides is 1. The van der Waals surface area contributed by atoms with Gasteiger partial charge in [-0.2, -0.15) is 0 Å². The highest BCUT2D eigenvalue weighted by Gasteiger charge is 2.13. The van der Waals surface area contributed by atoms with Crippen molar-refractivity contribution in [3.05, 3.63) is 36.0 Å². The number of carbonyl (C=O) groups excluding carboxylic acids is 1. The van der Waals surface area contributed by atoms with Gasteiger partial charge in [0.05, 0.1) is 12.3 Å². The summed E-state index contributed by atoms with van der Waals surface area (Å²) in [4.78, 5) is 21.6. The van der Waals surface area contributed by atoms with Gasteiger partial charge in [-0.05, 0) is 25.1 Å². The first kappa shape index (κ1) is 14.8. The summed E-state index contributed by atoms with van der Waals surface area (Å²) < 4.78 is 5.46. The summed E-state index contributed by atoms with van der Waals surface area (Å²) in [7, 11) is 3.33. The molecule has 0 spiro atoms. The smallest absolute Gasteiger partial charge is 0.272 e. The molecule has 21 heavy (non-hydrogen) atoms. The number of aromatic nitrogens is 2. The second-order valence-electron chi connectivity index (χ2n) is 4.66. The molecule has 6 heteroatoms. The van der Waals surface area contributed by atoms with E-state index in [1.807, 2.05) is 31.2 Å². The summed E-state index contributed by atoms with van der Waals surface area (Å²) in [6, 6.07) is 9.10. The van der Waals surface area contributed by atoms with Crippen LogP contribution in [0.15, 0.2) is 30.3 Å². The van der Waals surface area contributed by atoms with Crippen molar-refractivity contribution in [2.24, 2.45) is 0 Å². The Morgan fingerprint density at radius 1 is 1.29 bits per heavy atom. The standard InChI is InChI=1S/C15H18N4O2/c1-4-21-11-7-5-6-10(8-11)12-9-13(14(20)19(2)3)18-15(16)17-12/h5-9H,4H2,1-3H3,(H2,16,17,18). The molecular weight excluding hydrogens is 268 g/mol. The van der Waals surface area contributed by atoms with Gasteiger partial charge >= 0.3 is 0 Å². The monoisotopic (exact) mass is 286 g/mol. The van der Waals surface area contributed by atoms with Crippen molar-refractivity contribution < 1.29 is 9.53 Å². The SMILES string of the molecule is CCOc1cccc(-c2cc(C(=O)N(C)C)nc(N)n2)c1. The van der Waals surface area contributed by atoms with Gasteiger partial charge in [0, 0.05) is 19.7 Å². The average molecular weight is 286 g/mol. The van der Waals surface area contributed by atoms with Crippen LogP contribution in [0.1, 0.15) is 17.4 Å². The topological polar surface area (TPSA) is 81.3 Å². The molecule has 0 saturated carbocycles. The third-order valence-corrected chi connectivity index (χ3v) is 2.81. The van der Waals surface area contributed by atoms with Crippen LogP contribution in [-0.2, 0) is 0 Å². The first-order valence-electron chi connectivity index (χ1n) is 6.60. The van der Waals surface area contributed by atoms with Gasteiger partial charge in [0.15, 0.2) is 0 Å². The highest BCUT2D eigenvalue weighted by molar-refractivity contribution is 5.93. The highest BCUT2D eigenvalue weighted by atomic mass is 16.5. The molecule has 0 unspecified atom stereocenters. The molecule has 0 atom stereocenters. The Morgan fingerprint density at radius 3 is 2.71 bits per heavy atom. The molecular formula is C15H18N4O2. The number of carbonyl (C=O) groups is 1. The molecule has 0 aliphatic heterocycles. The van der Waals surface area contributed by atoms with Crippen LogP contribution in [-0.4, -0.2) is 41.5 Å². The second-order valence-corrected chi connectivity index (χ2v) is 4.66. The van der Waals surface area contributed by atoms with E-state index in [4.69, 9.17) is 10.5 Å². The Balaban J connectivity index is 2.44. The quantitative estimate of drug-likeness (QED) is 0.927. The van der Waals surface area contributed by atoms with Crippen LogP contribution in [0.4, 0.5) is 5.95 Å². The number of hydrogen-bond donors (Lipinski definition) is 1. The zero-order valence-corrected chi connectivity index (χ0v) is 12.3. The minimum Gasteiger partial charge on any atom is -0.494 e. The maximum Gasteiger partial charge on any atom is 0.272 e. The van der Waals surface area contributed by atoms with E-state index in [2.05, 4.69) is 9.97 Å². The van der Waals surface area contributed by atoms with Gasteiger partial charge in [-0.15, -0.1) is 0 Å². The highest BCUT2D eigenvalue weighted by Crippen LogP contribution is 2.23. The number of nitrogens with zero attached hydrogens (tertiary/aromatic N) is 3. The van der Waals surface area contributed by atoms with Crippen LogP contribution >= 0.6 is 0 Å². The summed E-state index contributed by atoms with van der Waals surface area (Å²) in [5, 5.41) is 0. The number of benzene rings is 1. The molecule has 0 aliphatic carbocycles. The number of nitrogens with two attached hydrogens (primary N) is 1. The van der Waals surface area contributed by atoms with Crippen LogP contribution < -0.4 is 10.5 Å². The maximum absolute atomic E-state index is 12.0. The molecule has 1 amide bonds. The Morgan fingerprint density at radius 2 is 2.05 bits per heavy atom. The van der Waals surface area contributed by atoms with Gasteiger partial charge in [0.25, 0.3) is 5.91 Å². The van der Waals surface area contributed by atoms with Gasteiger partial charge in [0.2, 0.25) is 5.95 Å². The van der Waals surface area contributed by atoms with Gasteiger partial charge in [-0.3, -0.25) is 4.79 Å². The lowest BCUT2D eigenvalue weighted by Crippen LogP contribution is -2.23. The van der Waals surface area contributed by atoms with Gasteiger partial charge in [0.1, 0.15) is 11.4 Å². The number of rotatable bonds is 4. The van der Waals surface area contributed by atoms with E-state index in [1.54, 1.807) is 20.2 Å². The molecule has 1 heterocycles. The van der Waals surface area contributed by atoms with E-state index in [0.29, 0.717) is 12.3 Å². The fraction of sp³-hybridized carbons (Fsp3) is 0.267. The molecule has 0 bridgehead atoms. The summed E-state index contributed by atoms with van der Waals surface area (Å²) in [6.07, 6.45) is 0. The number of ether oxygens (including phenoxy) is 1. The van der Waals surface area contributed by atoms with Crippen molar-refractivity contribution in [2.45, 2.75) is 6.92 Å². The lowest BCUT2D eigenvalue weighted by molar-refractivity contribution is 0.0822. The van der Waals surface area contributed by atoms with Crippen LogP contribution in [0.3, 0.4) is 0 Å². The fourth-order valence-corrected chi connectivity index (χ4v) is 1.86. The lowest BCUT2D eigenvalue weighted by Gasteiger charge is -2.11. The minimum absolute atomic E-state index is 0.0690. The zero-order chi connectivity index (χ0) is 15.4. The largest absolute Gasteiger partial charge is 0.494 e. The van der Waals surface area contributed by atoms with Crippen molar-refractivity contribution in [2.75, 3.05) is 26.4 Å². The van der Waals surface area contributed by atoms with Crippen molar-refractivity contribution in [3.8, 4) is 17.0 Å². The summed E-state index contributed by atoms with van der Waals surface area (Å²) in [6.45, 7) is 2.50. The molecule has 110 valence electrons. The van der Waals surface area contributed by atoms with E-state index in [9.17, 15) is 4.79 Å². The van der Waals surface area contributed by atoms with Crippen LogP contribution in [0.2, 0.25) is 0 Å². The normalized spacial score (nSPS) is 10.2. The van der Waals surface area contributed by atoms with Crippen molar-refractivity contribution >= 4 is 11.9 Å². The zero-order valence-electron chi connectivity index (χ0n) is 12.3. The van der Waals surface area contributed by atoms with Crippen molar-refractivity contribution in [1.29, 1.82) is 0 Å². The third-order valence-electron chi connectivity index (χ3n) is 2.81. The Bertz CT molecular complexity index is 656. The van der Waals surface area contributed by atoms with Gasteiger partial charge < -0.3 is 15.4 Å². The predicted octanol–water partition coefficient (Wildman–Crippen LogP) is 1.83. The predicted molar refractivity (Wildman–Crippen MR) is 81.1 cm³/mol. The first-order chi connectivity index (χ1) is 10.0. The molecule has 2 aromatic rings. The lowest BCUT2D eigenvalue weighted by atomic mass is 10.1. The van der Waals surface area contributed by atoms with E-state index >= 15 is 0 Å². The minimum atomic E-state index is -0.216.